The molecule has 0 aromatic carbocycles. The second kappa shape index (κ2) is 4.87. The van der Waals surface area contributed by atoms with Crippen LogP contribution in [0.3, 0.4) is 0 Å². The Morgan fingerprint density at radius 3 is 3.28 bits per heavy atom. The summed E-state index contributed by atoms with van der Waals surface area (Å²) in [4.78, 5) is 11.3. The summed E-state index contributed by atoms with van der Waals surface area (Å²) >= 11 is 3.33. The van der Waals surface area contributed by atoms with Gasteiger partial charge in [0.05, 0.1) is 11.8 Å². The van der Waals surface area contributed by atoms with E-state index in [1.165, 1.54) is 40.4 Å². The molecule has 0 amide bonds. The SMILES string of the molecule is C[C@H]1CCc2c(sc3ncnc(SCC#N)c23)C1. The maximum absolute atomic E-state index is 8.71. The van der Waals surface area contributed by atoms with Crippen molar-refractivity contribution in [2.24, 2.45) is 5.92 Å². The van der Waals surface area contributed by atoms with Crippen LogP contribution in [0.1, 0.15) is 23.8 Å². The van der Waals surface area contributed by atoms with Crippen molar-refractivity contribution in [3.8, 4) is 6.07 Å². The van der Waals surface area contributed by atoms with Gasteiger partial charge in [0.15, 0.2) is 0 Å². The Balaban J connectivity index is 2.12. The van der Waals surface area contributed by atoms with Crippen LogP contribution in [0, 0.1) is 17.2 Å². The summed E-state index contributed by atoms with van der Waals surface area (Å²) in [7, 11) is 0. The van der Waals surface area contributed by atoms with Crippen molar-refractivity contribution in [1.29, 1.82) is 5.26 Å². The first-order valence-electron chi connectivity index (χ1n) is 6.04. The number of fused-ring (bicyclic) bond motifs is 3. The molecule has 3 rings (SSSR count). The number of thioether (sulfide) groups is 1. The van der Waals surface area contributed by atoms with E-state index in [1.807, 2.05) is 0 Å². The van der Waals surface area contributed by atoms with E-state index in [4.69, 9.17) is 5.26 Å². The van der Waals surface area contributed by atoms with Gasteiger partial charge in [-0.25, -0.2) is 9.97 Å². The average molecular weight is 275 g/mol. The van der Waals surface area contributed by atoms with Crippen LogP contribution >= 0.6 is 23.1 Å². The number of thiophene rings is 1. The van der Waals surface area contributed by atoms with Crippen molar-refractivity contribution in [1.82, 2.24) is 9.97 Å². The topological polar surface area (TPSA) is 49.6 Å². The van der Waals surface area contributed by atoms with Crippen LogP contribution in [0.4, 0.5) is 0 Å². The zero-order chi connectivity index (χ0) is 12.5. The highest BCUT2D eigenvalue weighted by atomic mass is 32.2. The maximum atomic E-state index is 8.71. The quantitative estimate of drug-likeness (QED) is 0.622. The van der Waals surface area contributed by atoms with Gasteiger partial charge < -0.3 is 0 Å². The number of aryl methyl sites for hydroxylation is 1. The Hall–Kier alpha value is -1.12. The lowest BCUT2D eigenvalue weighted by atomic mass is 9.89. The van der Waals surface area contributed by atoms with Crippen LogP contribution < -0.4 is 0 Å². The number of nitrogens with zero attached hydrogens (tertiary/aromatic N) is 3. The standard InChI is InChI=1S/C13H13N3S2/c1-8-2-3-9-10(6-8)18-13-11(9)12(15-7-16-13)17-5-4-14/h7-8H,2-3,5-6H2,1H3/t8-/m0/s1. The molecule has 1 atom stereocenters. The highest BCUT2D eigenvalue weighted by Gasteiger charge is 2.22. The van der Waals surface area contributed by atoms with Gasteiger partial charge in [-0.05, 0) is 30.7 Å². The number of hydrogen-bond acceptors (Lipinski definition) is 5. The van der Waals surface area contributed by atoms with E-state index in [9.17, 15) is 0 Å². The summed E-state index contributed by atoms with van der Waals surface area (Å²) < 4.78 is 0. The van der Waals surface area contributed by atoms with Gasteiger partial charge >= 0.3 is 0 Å². The summed E-state index contributed by atoms with van der Waals surface area (Å²) in [6, 6.07) is 2.17. The number of nitriles is 1. The molecule has 0 aliphatic heterocycles. The zero-order valence-electron chi connectivity index (χ0n) is 10.1. The van der Waals surface area contributed by atoms with Gasteiger partial charge in [-0.2, -0.15) is 5.26 Å². The van der Waals surface area contributed by atoms with Gasteiger partial charge in [0.1, 0.15) is 16.2 Å². The fourth-order valence-corrected chi connectivity index (χ4v) is 4.56. The molecule has 2 aromatic rings. The van der Waals surface area contributed by atoms with Crippen LogP contribution in [0.2, 0.25) is 0 Å². The van der Waals surface area contributed by atoms with Crippen molar-refractivity contribution in [2.75, 3.05) is 5.75 Å². The van der Waals surface area contributed by atoms with E-state index in [2.05, 4.69) is 23.0 Å². The molecule has 92 valence electrons. The lowest BCUT2D eigenvalue weighted by Gasteiger charge is -2.17. The first-order chi connectivity index (χ1) is 8.79. The zero-order valence-corrected chi connectivity index (χ0v) is 11.8. The van der Waals surface area contributed by atoms with Gasteiger partial charge in [-0.3, -0.25) is 0 Å². The van der Waals surface area contributed by atoms with Crippen molar-refractivity contribution in [3.63, 3.8) is 0 Å². The van der Waals surface area contributed by atoms with E-state index in [0.29, 0.717) is 5.75 Å². The molecule has 0 unspecified atom stereocenters. The van der Waals surface area contributed by atoms with E-state index in [1.54, 1.807) is 17.7 Å². The summed E-state index contributed by atoms with van der Waals surface area (Å²) in [6.07, 6.45) is 5.16. The predicted molar refractivity (Wildman–Crippen MR) is 74.9 cm³/mol. The Bertz CT molecular complexity index is 627. The molecule has 2 heterocycles. The van der Waals surface area contributed by atoms with Gasteiger partial charge in [0, 0.05) is 10.3 Å². The molecule has 1 aliphatic carbocycles. The predicted octanol–water partition coefficient (Wildman–Crippen LogP) is 3.43. The second-order valence-corrected chi connectivity index (χ2v) is 6.71. The van der Waals surface area contributed by atoms with Crippen LogP contribution in [-0.4, -0.2) is 15.7 Å². The van der Waals surface area contributed by atoms with Crippen molar-refractivity contribution >= 4 is 33.3 Å². The lowest BCUT2D eigenvalue weighted by molar-refractivity contribution is 0.509. The number of hydrogen-bond donors (Lipinski definition) is 0. The molecule has 0 saturated carbocycles. The van der Waals surface area contributed by atoms with Crippen LogP contribution in [0.25, 0.3) is 10.2 Å². The first kappa shape index (κ1) is 11.9. The molecule has 2 aromatic heterocycles. The third kappa shape index (κ3) is 2.00. The fraction of sp³-hybridized carbons (Fsp3) is 0.462. The van der Waals surface area contributed by atoms with Crippen molar-refractivity contribution in [2.45, 2.75) is 31.2 Å². The van der Waals surface area contributed by atoms with Gasteiger partial charge in [-0.1, -0.05) is 18.7 Å². The molecule has 0 fully saturated rings. The summed E-state index contributed by atoms with van der Waals surface area (Å²) in [5, 5.41) is 10.9. The van der Waals surface area contributed by atoms with Crippen LogP contribution in [0.5, 0.6) is 0 Å². The molecule has 0 saturated heterocycles. The molecule has 0 N–H and O–H groups in total. The van der Waals surface area contributed by atoms with Gasteiger partial charge in [0.2, 0.25) is 0 Å². The van der Waals surface area contributed by atoms with Crippen LogP contribution in [-0.2, 0) is 12.8 Å². The number of aromatic nitrogens is 2. The van der Waals surface area contributed by atoms with E-state index in [-0.39, 0.29) is 0 Å². The largest absolute Gasteiger partial charge is 0.229 e. The molecule has 0 bridgehead atoms. The highest BCUT2D eigenvalue weighted by molar-refractivity contribution is 7.99. The van der Waals surface area contributed by atoms with Crippen LogP contribution in [0.15, 0.2) is 11.4 Å². The fourth-order valence-electron chi connectivity index (χ4n) is 2.46. The Morgan fingerprint density at radius 2 is 2.44 bits per heavy atom. The molecular weight excluding hydrogens is 262 g/mol. The summed E-state index contributed by atoms with van der Waals surface area (Å²) in [5.41, 5.74) is 1.44. The molecule has 3 nitrogen and oxygen atoms in total. The van der Waals surface area contributed by atoms with E-state index >= 15 is 0 Å². The Kier molecular flexibility index (Phi) is 3.23. The van der Waals surface area contributed by atoms with Gasteiger partial charge in [0.25, 0.3) is 0 Å². The first-order valence-corrected chi connectivity index (χ1v) is 7.84. The minimum Gasteiger partial charge on any atom is -0.229 e. The Morgan fingerprint density at radius 1 is 1.56 bits per heavy atom. The normalized spacial score (nSPS) is 18.6. The highest BCUT2D eigenvalue weighted by Crippen LogP contribution is 2.40. The molecule has 0 radical (unpaired) electrons. The monoisotopic (exact) mass is 275 g/mol. The van der Waals surface area contributed by atoms with Crippen molar-refractivity contribution in [3.05, 3.63) is 16.8 Å². The van der Waals surface area contributed by atoms with E-state index < -0.39 is 0 Å². The molecule has 0 spiro atoms. The second-order valence-electron chi connectivity index (χ2n) is 4.66. The third-order valence-electron chi connectivity index (χ3n) is 3.33. The summed E-state index contributed by atoms with van der Waals surface area (Å²) in [5.74, 6) is 1.22. The lowest BCUT2D eigenvalue weighted by Crippen LogP contribution is -2.08. The third-order valence-corrected chi connectivity index (χ3v) is 5.35. The molecular formula is C13H13N3S2. The average Bonchev–Trinajstić information content (AvgIpc) is 2.73. The minimum atomic E-state index is 0.452. The molecule has 5 heteroatoms. The Labute approximate surface area is 114 Å². The maximum Gasteiger partial charge on any atom is 0.128 e. The summed E-state index contributed by atoms with van der Waals surface area (Å²) in [6.45, 7) is 2.31. The van der Waals surface area contributed by atoms with Crippen molar-refractivity contribution < 1.29 is 0 Å². The smallest absolute Gasteiger partial charge is 0.128 e. The molecule has 18 heavy (non-hydrogen) atoms. The molecule has 1 aliphatic rings. The minimum absolute atomic E-state index is 0.452. The van der Waals surface area contributed by atoms with Gasteiger partial charge in [-0.15, -0.1) is 11.3 Å². The number of rotatable bonds is 2. The van der Waals surface area contributed by atoms with E-state index in [0.717, 1.165) is 22.2 Å².